The van der Waals surface area contributed by atoms with Crippen LogP contribution >= 0.6 is 0 Å². The SMILES string of the molecule is CCN1CCOC(CNC)C1c1ccc([N+](=O)[O-])cc1. The first-order valence-corrected chi connectivity index (χ1v) is 6.92. The predicted molar refractivity (Wildman–Crippen MR) is 76.8 cm³/mol. The Morgan fingerprint density at radius 2 is 2.15 bits per heavy atom. The number of non-ortho nitro benzene ring substituents is 1. The summed E-state index contributed by atoms with van der Waals surface area (Å²) in [6, 6.07) is 6.94. The van der Waals surface area contributed by atoms with E-state index in [1.807, 2.05) is 19.2 Å². The van der Waals surface area contributed by atoms with Gasteiger partial charge in [-0.15, -0.1) is 0 Å². The molecule has 1 aliphatic rings. The molecule has 6 nitrogen and oxygen atoms in total. The average molecular weight is 279 g/mol. The van der Waals surface area contributed by atoms with Crippen LogP contribution < -0.4 is 5.32 Å². The maximum Gasteiger partial charge on any atom is 0.269 e. The van der Waals surface area contributed by atoms with Gasteiger partial charge in [0.2, 0.25) is 0 Å². The molecule has 0 aromatic heterocycles. The summed E-state index contributed by atoms with van der Waals surface area (Å²) in [6.45, 7) is 5.44. The minimum absolute atomic E-state index is 0.0650. The number of benzene rings is 1. The molecule has 0 amide bonds. The number of nitrogens with zero attached hydrogens (tertiary/aromatic N) is 2. The molecular formula is C14H21N3O3. The molecule has 1 aromatic rings. The summed E-state index contributed by atoms with van der Waals surface area (Å²) in [6.07, 6.45) is 0.0650. The van der Waals surface area contributed by atoms with E-state index in [9.17, 15) is 10.1 Å². The Bertz CT molecular complexity index is 447. The van der Waals surface area contributed by atoms with Crippen LogP contribution in [0.4, 0.5) is 5.69 Å². The molecule has 2 atom stereocenters. The van der Waals surface area contributed by atoms with Crippen molar-refractivity contribution in [1.29, 1.82) is 0 Å². The molecule has 1 saturated heterocycles. The zero-order chi connectivity index (χ0) is 14.5. The van der Waals surface area contributed by atoms with Gasteiger partial charge in [0.05, 0.1) is 23.7 Å². The van der Waals surface area contributed by atoms with E-state index < -0.39 is 0 Å². The van der Waals surface area contributed by atoms with Crippen LogP contribution in [0.25, 0.3) is 0 Å². The second kappa shape index (κ2) is 6.78. The van der Waals surface area contributed by atoms with Crippen LogP contribution in [0.2, 0.25) is 0 Å². The number of morpholine rings is 1. The highest BCUT2D eigenvalue weighted by molar-refractivity contribution is 5.34. The van der Waals surface area contributed by atoms with E-state index in [2.05, 4.69) is 17.1 Å². The number of nitrogens with one attached hydrogen (secondary N) is 1. The Balaban J connectivity index is 2.25. The van der Waals surface area contributed by atoms with Gasteiger partial charge >= 0.3 is 0 Å². The molecule has 1 N–H and O–H groups in total. The van der Waals surface area contributed by atoms with Crippen molar-refractivity contribution in [3.05, 3.63) is 39.9 Å². The molecule has 1 heterocycles. The third-order valence-electron chi connectivity index (χ3n) is 3.71. The summed E-state index contributed by atoms with van der Waals surface area (Å²) >= 11 is 0. The fraction of sp³-hybridized carbons (Fsp3) is 0.571. The predicted octanol–water partition coefficient (Wildman–Crippen LogP) is 1.58. The van der Waals surface area contributed by atoms with Crippen LogP contribution in [0.5, 0.6) is 0 Å². The third-order valence-corrected chi connectivity index (χ3v) is 3.71. The van der Waals surface area contributed by atoms with E-state index in [1.54, 1.807) is 12.1 Å². The summed E-state index contributed by atoms with van der Waals surface area (Å²) in [5.74, 6) is 0. The molecule has 0 aliphatic carbocycles. The van der Waals surface area contributed by atoms with Crippen molar-refractivity contribution in [1.82, 2.24) is 10.2 Å². The number of nitro benzene ring substituents is 1. The van der Waals surface area contributed by atoms with E-state index >= 15 is 0 Å². The van der Waals surface area contributed by atoms with Crippen molar-refractivity contribution in [2.45, 2.75) is 19.1 Å². The Morgan fingerprint density at radius 1 is 1.45 bits per heavy atom. The van der Waals surface area contributed by atoms with Gasteiger partial charge in [0.25, 0.3) is 5.69 Å². The largest absolute Gasteiger partial charge is 0.374 e. The number of nitro groups is 1. The molecule has 1 aromatic carbocycles. The van der Waals surface area contributed by atoms with Crippen LogP contribution in [0, 0.1) is 10.1 Å². The van der Waals surface area contributed by atoms with Gasteiger partial charge < -0.3 is 10.1 Å². The second-order valence-corrected chi connectivity index (χ2v) is 4.89. The lowest BCUT2D eigenvalue weighted by Crippen LogP contribution is -2.48. The molecule has 0 spiro atoms. The van der Waals surface area contributed by atoms with Crippen LogP contribution in [-0.4, -0.2) is 49.2 Å². The van der Waals surface area contributed by atoms with Gasteiger partial charge in [0.15, 0.2) is 0 Å². The zero-order valence-corrected chi connectivity index (χ0v) is 11.9. The monoisotopic (exact) mass is 279 g/mol. The first-order chi connectivity index (χ1) is 9.67. The van der Waals surface area contributed by atoms with Crippen LogP contribution in [0.3, 0.4) is 0 Å². The number of likely N-dealkylation sites (N-methyl/N-ethyl adjacent to an activating group) is 2. The Hall–Kier alpha value is -1.50. The first kappa shape index (κ1) is 14.9. The maximum atomic E-state index is 10.7. The number of hydrogen-bond donors (Lipinski definition) is 1. The zero-order valence-electron chi connectivity index (χ0n) is 11.9. The molecule has 0 saturated carbocycles. The molecule has 1 aliphatic heterocycles. The van der Waals surface area contributed by atoms with Gasteiger partial charge in [-0.3, -0.25) is 15.0 Å². The van der Waals surface area contributed by atoms with Crippen LogP contribution in [-0.2, 0) is 4.74 Å². The maximum absolute atomic E-state index is 10.7. The van der Waals surface area contributed by atoms with E-state index in [0.717, 1.165) is 31.8 Å². The Morgan fingerprint density at radius 3 is 2.70 bits per heavy atom. The normalized spacial score (nSPS) is 23.7. The molecule has 20 heavy (non-hydrogen) atoms. The van der Waals surface area contributed by atoms with Gasteiger partial charge in [-0.1, -0.05) is 19.1 Å². The van der Waals surface area contributed by atoms with Crippen LogP contribution in [0.1, 0.15) is 18.5 Å². The summed E-state index contributed by atoms with van der Waals surface area (Å²) in [7, 11) is 1.90. The van der Waals surface area contributed by atoms with Gasteiger partial charge in [-0.2, -0.15) is 0 Å². The summed E-state index contributed by atoms with van der Waals surface area (Å²) in [5.41, 5.74) is 1.19. The van der Waals surface area contributed by atoms with E-state index in [1.165, 1.54) is 0 Å². The van der Waals surface area contributed by atoms with Gasteiger partial charge in [0, 0.05) is 25.2 Å². The molecule has 110 valence electrons. The lowest BCUT2D eigenvalue weighted by Gasteiger charge is -2.41. The summed E-state index contributed by atoms with van der Waals surface area (Å²) in [5, 5.41) is 13.9. The molecule has 2 unspecified atom stereocenters. The van der Waals surface area contributed by atoms with Crippen molar-refractivity contribution in [2.75, 3.05) is 33.3 Å². The topological polar surface area (TPSA) is 67.6 Å². The summed E-state index contributed by atoms with van der Waals surface area (Å²) in [4.78, 5) is 12.7. The lowest BCUT2D eigenvalue weighted by atomic mass is 9.97. The van der Waals surface area contributed by atoms with Gasteiger partial charge in [-0.25, -0.2) is 0 Å². The number of hydrogen-bond acceptors (Lipinski definition) is 5. The highest BCUT2D eigenvalue weighted by Crippen LogP contribution is 2.30. The molecule has 0 radical (unpaired) electrons. The molecule has 1 fully saturated rings. The van der Waals surface area contributed by atoms with Crippen molar-refractivity contribution in [2.24, 2.45) is 0 Å². The van der Waals surface area contributed by atoms with Crippen molar-refractivity contribution < 1.29 is 9.66 Å². The van der Waals surface area contributed by atoms with Crippen molar-refractivity contribution >= 4 is 5.69 Å². The molecule has 0 bridgehead atoms. The lowest BCUT2D eigenvalue weighted by molar-refractivity contribution is -0.384. The first-order valence-electron chi connectivity index (χ1n) is 6.92. The smallest absolute Gasteiger partial charge is 0.269 e. The van der Waals surface area contributed by atoms with Crippen molar-refractivity contribution in [3.63, 3.8) is 0 Å². The molecule has 6 heteroatoms. The molecule has 2 rings (SSSR count). The third kappa shape index (κ3) is 3.15. The highest BCUT2D eigenvalue weighted by Gasteiger charge is 2.32. The Kier molecular flexibility index (Phi) is 5.05. The van der Waals surface area contributed by atoms with E-state index in [4.69, 9.17) is 4.74 Å². The Labute approximate surface area is 118 Å². The fourth-order valence-corrected chi connectivity index (χ4v) is 2.73. The minimum atomic E-state index is -0.371. The highest BCUT2D eigenvalue weighted by atomic mass is 16.6. The van der Waals surface area contributed by atoms with Crippen LogP contribution in [0.15, 0.2) is 24.3 Å². The van der Waals surface area contributed by atoms with Gasteiger partial charge in [0.1, 0.15) is 0 Å². The number of rotatable bonds is 5. The molecular weight excluding hydrogens is 258 g/mol. The quantitative estimate of drug-likeness (QED) is 0.654. The average Bonchev–Trinajstić information content (AvgIpc) is 2.47. The van der Waals surface area contributed by atoms with Gasteiger partial charge in [-0.05, 0) is 19.2 Å². The van der Waals surface area contributed by atoms with Crippen molar-refractivity contribution in [3.8, 4) is 0 Å². The van der Waals surface area contributed by atoms with E-state index in [0.29, 0.717) is 0 Å². The fourth-order valence-electron chi connectivity index (χ4n) is 2.73. The van der Waals surface area contributed by atoms with E-state index in [-0.39, 0.29) is 22.8 Å². The summed E-state index contributed by atoms with van der Waals surface area (Å²) < 4.78 is 5.86. The second-order valence-electron chi connectivity index (χ2n) is 4.89. The standard InChI is InChI=1S/C14H21N3O3/c1-3-16-8-9-20-13(10-15-2)14(16)11-4-6-12(7-5-11)17(18)19/h4-7,13-15H,3,8-10H2,1-2H3. The minimum Gasteiger partial charge on any atom is -0.374 e. The number of ether oxygens (including phenoxy) is 1.